The van der Waals surface area contributed by atoms with Crippen molar-refractivity contribution in [3.05, 3.63) is 65.0 Å². The molecule has 2 heterocycles. The largest absolute Gasteiger partial charge is 0.339 e. The number of hydrogen-bond acceptors (Lipinski definition) is 3. The third kappa shape index (κ3) is 3.37. The van der Waals surface area contributed by atoms with Crippen molar-refractivity contribution in [1.29, 1.82) is 0 Å². The van der Waals surface area contributed by atoms with Gasteiger partial charge in [0, 0.05) is 42.5 Å². The van der Waals surface area contributed by atoms with Crippen molar-refractivity contribution in [3.63, 3.8) is 0 Å². The molecule has 1 aliphatic heterocycles. The summed E-state index contributed by atoms with van der Waals surface area (Å²) in [5.74, 6) is 0.234. The van der Waals surface area contributed by atoms with Crippen LogP contribution in [-0.4, -0.2) is 34.7 Å². The quantitative estimate of drug-likeness (QED) is 0.814. The van der Waals surface area contributed by atoms with E-state index in [9.17, 15) is 9.59 Å². The first-order valence-electron chi connectivity index (χ1n) is 8.37. The van der Waals surface area contributed by atoms with E-state index in [4.69, 9.17) is 0 Å². The molecule has 1 aliphatic rings. The molecule has 0 aliphatic carbocycles. The summed E-state index contributed by atoms with van der Waals surface area (Å²) in [5.41, 5.74) is 3.79. The number of amides is 1. The fraction of sp³-hybridized carbons (Fsp3) is 0.350. The number of carbonyl (C=O) groups is 2. The van der Waals surface area contributed by atoms with Crippen molar-refractivity contribution in [2.75, 3.05) is 13.1 Å². The van der Waals surface area contributed by atoms with Gasteiger partial charge in [-0.05, 0) is 56.0 Å². The van der Waals surface area contributed by atoms with E-state index in [1.165, 1.54) is 5.56 Å². The van der Waals surface area contributed by atoms with Crippen LogP contribution in [0.2, 0.25) is 0 Å². The number of piperidine rings is 1. The molecular formula is C20H22N2O2. The highest BCUT2D eigenvalue weighted by Crippen LogP contribution is 2.24. The Hall–Kier alpha value is -2.49. The highest BCUT2D eigenvalue weighted by atomic mass is 16.2. The molecule has 4 nitrogen and oxygen atoms in total. The Balaban J connectivity index is 1.63. The van der Waals surface area contributed by atoms with Crippen molar-refractivity contribution in [1.82, 2.24) is 9.88 Å². The number of hydrogen-bond donors (Lipinski definition) is 0. The lowest BCUT2D eigenvalue weighted by Crippen LogP contribution is -2.40. The Morgan fingerprint density at radius 2 is 1.62 bits per heavy atom. The number of rotatable bonds is 3. The van der Waals surface area contributed by atoms with Crippen LogP contribution in [0.15, 0.2) is 42.7 Å². The number of carbonyl (C=O) groups excluding carboxylic acids is 2. The molecule has 1 aromatic carbocycles. The van der Waals surface area contributed by atoms with Gasteiger partial charge in [-0.1, -0.05) is 12.1 Å². The minimum atomic E-state index is 0.00796. The molecule has 1 amide bonds. The normalized spacial score (nSPS) is 15.3. The van der Waals surface area contributed by atoms with Crippen LogP contribution in [0.3, 0.4) is 0 Å². The van der Waals surface area contributed by atoms with Crippen molar-refractivity contribution >= 4 is 11.7 Å². The van der Waals surface area contributed by atoms with Crippen LogP contribution in [0.25, 0.3) is 0 Å². The third-order valence-electron chi connectivity index (χ3n) is 4.87. The topological polar surface area (TPSA) is 50.3 Å². The van der Waals surface area contributed by atoms with Crippen LogP contribution in [0.5, 0.6) is 0 Å². The maximum atomic E-state index is 12.7. The predicted molar refractivity (Wildman–Crippen MR) is 93.1 cm³/mol. The first-order valence-corrected chi connectivity index (χ1v) is 8.37. The molecule has 0 unspecified atom stereocenters. The average molecular weight is 322 g/mol. The van der Waals surface area contributed by atoms with E-state index in [0.29, 0.717) is 18.7 Å². The fourth-order valence-electron chi connectivity index (χ4n) is 3.15. The molecule has 124 valence electrons. The number of pyridine rings is 1. The molecule has 2 aromatic rings. The van der Waals surface area contributed by atoms with Gasteiger partial charge in [0.2, 0.25) is 0 Å². The molecule has 1 fully saturated rings. The highest BCUT2D eigenvalue weighted by Gasteiger charge is 2.28. The van der Waals surface area contributed by atoms with Crippen LogP contribution in [0.1, 0.15) is 44.7 Å². The van der Waals surface area contributed by atoms with Crippen molar-refractivity contribution in [3.8, 4) is 0 Å². The summed E-state index contributed by atoms with van der Waals surface area (Å²) in [6.07, 6.45) is 4.71. The lowest BCUT2D eigenvalue weighted by Gasteiger charge is -2.31. The zero-order chi connectivity index (χ0) is 17.1. The molecule has 1 saturated heterocycles. The van der Waals surface area contributed by atoms with E-state index < -0.39 is 0 Å². The second kappa shape index (κ2) is 6.95. The average Bonchev–Trinajstić information content (AvgIpc) is 2.63. The third-order valence-corrected chi connectivity index (χ3v) is 4.87. The summed E-state index contributed by atoms with van der Waals surface area (Å²) in [5, 5.41) is 0. The summed E-state index contributed by atoms with van der Waals surface area (Å²) < 4.78 is 0. The Kier molecular flexibility index (Phi) is 4.74. The molecular weight excluding hydrogens is 300 g/mol. The second-order valence-electron chi connectivity index (χ2n) is 6.47. The van der Waals surface area contributed by atoms with Gasteiger partial charge in [-0.3, -0.25) is 14.6 Å². The lowest BCUT2D eigenvalue weighted by molar-refractivity contribution is 0.0650. The van der Waals surface area contributed by atoms with Crippen LogP contribution in [0.4, 0.5) is 0 Å². The Labute approximate surface area is 142 Å². The van der Waals surface area contributed by atoms with Crippen LogP contribution < -0.4 is 0 Å². The summed E-state index contributed by atoms with van der Waals surface area (Å²) in [6, 6.07) is 9.36. The maximum absolute atomic E-state index is 12.7. The molecule has 0 spiro atoms. The first kappa shape index (κ1) is 16.4. The monoisotopic (exact) mass is 322 g/mol. The Morgan fingerprint density at radius 3 is 2.25 bits per heavy atom. The Bertz CT molecular complexity index is 747. The van der Waals surface area contributed by atoms with Crippen LogP contribution in [-0.2, 0) is 0 Å². The Morgan fingerprint density at radius 1 is 0.958 bits per heavy atom. The van der Waals surface area contributed by atoms with Crippen molar-refractivity contribution in [2.24, 2.45) is 5.92 Å². The molecule has 1 aromatic heterocycles. The van der Waals surface area contributed by atoms with Crippen molar-refractivity contribution in [2.45, 2.75) is 26.7 Å². The van der Waals surface area contributed by atoms with E-state index in [2.05, 4.69) is 4.98 Å². The fourth-order valence-corrected chi connectivity index (χ4v) is 3.15. The van der Waals surface area contributed by atoms with E-state index in [1.54, 1.807) is 24.5 Å². The van der Waals surface area contributed by atoms with Gasteiger partial charge in [0.05, 0.1) is 0 Å². The summed E-state index contributed by atoms with van der Waals surface area (Å²) in [6.45, 7) is 5.33. The molecule has 0 saturated carbocycles. The minimum absolute atomic E-state index is 0.00796. The van der Waals surface area contributed by atoms with E-state index >= 15 is 0 Å². The number of ketones is 1. The number of likely N-dealkylation sites (tertiary alicyclic amines) is 1. The van der Waals surface area contributed by atoms with Crippen LogP contribution in [0, 0.1) is 19.8 Å². The zero-order valence-corrected chi connectivity index (χ0v) is 14.2. The van der Waals surface area contributed by atoms with Gasteiger partial charge in [-0.25, -0.2) is 0 Å². The van der Waals surface area contributed by atoms with Gasteiger partial charge in [0.15, 0.2) is 5.78 Å². The molecule has 0 atom stereocenters. The lowest BCUT2D eigenvalue weighted by atomic mass is 9.88. The zero-order valence-electron chi connectivity index (χ0n) is 14.2. The van der Waals surface area contributed by atoms with Gasteiger partial charge in [-0.15, -0.1) is 0 Å². The van der Waals surface area contributed by atoms with Gasteiger partial charge in [0.25, 0.3) is 5.91 Å². The summed E-state index contributed by atoms with van der Waals surface area (Å²) in [7, 11) is 0. The maximum Gasteiger partial charge on any atom is 0.253 e. The standard InChI is InChI=1S/C20H22N2O2/c1-14-3-4-18(13-15(14)2)19(23)16-7-11-22(12-8-16)20(24)17-5-9-21-10-6-17/h3-6,9-10,13,16H,7-8,11-12H2,1-2H3. The van der Waals surface area contributed by atoms with E-state index in [1.807, 2.05) is 36.9 Å². The van der Waals surface area contributed by atoms with Gasteiger partial charge in [0.1, 0.15) is 0 Å². The molecule has 0 radical (unpaired) electrons. The number of aromatic nitrogens is 1. The summed E-state index contributed by atoms with van der Waals surface area (Å²) in [4.78, 5) is 30.9. The van der Waals surface area contributed by atoms with E-state index in [-0.39, 0.29) is 17.6 Å². The van der Waals surface area contributed by atoms with Crippen LogP contribution >= 0.6 is 0 Å². The van der Waals surface area contributed by atoms with Gasteiger partial charge < -0.3 is 4.90 Å². The van der Waals surface area contributed by atoms with Gasteiger partial charge >= 0.3 is 0 Å². The highest BCUT2D eigenvalue weighted by molar-refractivity contribution is 5.98. The number of nitrogens with zero attached hydrogens (tertiary/aromatic N) is 2. The first-order chi connectivity index (χ1) is 11.6. The van der Waals surface area contributed by atoms with Gasteiger partial charge in [-0.2, -0.15) is 0 Å². The predicted octanol–water partition coefficient (Wildman–Crippen LogP) is 3.43. The second-order valence-corrected chi connectivity index (χ2v) is 6.47. The molecule has 24 heavy (non-hydrogen) atoms. The molecule has 4 heteroatoms. The number of aryl methyl sites for hydroxylation is 2. The molecule has 0 bridgehead atoms. The van der Waals surface area contributed by atoms with Crippen molar-refractivity contribution < 1.29 is 9.59 Å². The SMILES string of the molecule is Cc1ccc(C(=O)C2CCN(C(=O)c3ccncc3)CC2)cc1C. The van der Waals surface area contributed by atoms with E-state index in [0.717, 1.165) is 24.0 Å². The molecule has 3 rings (SSSR count). The minimum Gasteiger partial charge on any atom is -0.339 e. The summed E-state index contributed by atoms with van der Waals surface area (Å²) >= 11 is 0. The number of benzene rings is 1. The molecule has 0 N–H and O–H groups in total. The smallest absolute Gasteiger partial charge is 0.253 e. The number of Topliss-reactive ketones (excluding diaryl/α,β-unsaturated/α-hetero) is 1.